The Morgan fingerprint density at radius 1 is 1.03 bits per heavy atom. The number of carbonyl (C=O) groups excluding carboxylic acids is 1. The Kier molecular flexibility index (Phi) is 7.15. The fourth-order valence-corrected chi connectivity index (χ4v) is 3.81. The van der Waals surface area contributed by atoms with E-state index in [0.29, 0.717) is 5.69 Å². The van der Waals surface area contributed by atoms with Gasteiger partial charge in [0.2, 0.25) is 5.95 Å². The van der Waals surface area contributed by atoms with Crippen LogP contribution >= 0.6 is 23.4 Å². The maximum absolute atomic E-state index is 14.2. The smallest absolute Gasteiger partial charge is 0.261 e. The van der Waals surface area contributed by atoms with Crippen molar-refractivity contribution in [2.24, 2.45) is 0 Å². The lowest BCUT2D eigenvalue weighted by Gasteiger charge is -2.15. The number of halogens is 2. The first-order chi connectivity index (χ1) is 16.4. The van der Waals surface area contributed by atoms with Crippen molar-refractivity contribution < 1.29 is 14.3 Å². The van der Waals surface area contributed by atoms with Gasteiger partial charge in [0.25, 0.3) is 5.91 Å². The number of aromatic nitrogens is 2. The summed E-state index contributed by atoms with van der Waals surface area (Å²) in [6.07, 6.45) is 3.27. The highest BCUT2D eigenvalue weighted by molar-refractivity contribution is 7.98. The van der Waals surface area contributed by atoms with Gasteiger partial charge in [-0.3, -0.25) is 4.79 Å². The van der Waals surface area contributed by atoms with Crippen LogP contribution in [0, 0.1) is 5.82 Å². The molecule has 1 aromatic heterocycles. The molecule has 3 aromatic carbocycles. The first-order valence-electron chi connectivity index (χ1n) is 10.0. The second-order valence-electron chi connectivity index (χ2n) is 7.00. The summed E-state index contributed by atoms with van der Waals surface area (Å²) < 4.78 is 14.2. The summed E-state index contributed by atoms with van der Waals surface area (Å²) in [5.74, 6) is -0.735. The number of aromatic hydroxyl groups is 1. The molecule has 4 N–H and O–H groups in total. The molecule has 0 aliphatic heterocycles. The van der Waals surface area contributed by atoms with Gasteiger partial charge >= 0.3 is 0 Å². The third-order valence-corrected chi connectivity index (χ3v) is 5.83. The Morgan fingerprint density at radius 3 is 2.53 bits per heavy atom. The SMILES string of the molecule is CSc1ccccc1Nc1nc(Nc2ccc(O)cc2)ncc1C(=O)Nc1c(F)cccc1Cl. The van der Waals surface area contributed by atoms with E-state index in [9.17, 15) is 14.3 Å². The predicted molar refractivity (Wildman–Crippen MR) is 134 cm³/mol. The van der Waals surface area contributed by atoms with Crippen LogP contribution in [0.15, 0.2) is 77.8 Å². The van der Waals surface area contributed by atoms with E-state index in [4.69, 9.17) is 11.6 Å². The zero-order valence-corrected chi connectivity index (χ0v) is 19.4. The molecule has 0 spiro atoms. The van der Waals surface area contributed by atoms with Crippen LogP contribution in [0.5, 0.6) is 5.75 Å². The fraction of sp³-hybridized carbons (Fsp3) is 0.0417. The van der Waals surface area contributed by atoms with E-state index in [1.165, 1.54) is 48.3 Å². The van der Waals surface area contributed by atoms with Gasteiger partial charge in [-0.05, 0) is 54.8 Å². The monoisotopic (exact) mass is 495 g/mol. The van der Waals surface area contributed by atoms with Crippen molar-refractivity contribution in [2.75, 3.05) is 22.2 Å². The van der Waals surface area contributed by atoms with Gasteiger partial charge in [0, 0.05) is 16.8 Å². The van der Waals surface area contributed by atoms with Gasteiger partial charge in [0.15, 0.2) is 0 Å². The minimum Gasteiger partial charge on any atom is -0.508 e. The summed E-state index contributed by atoms with van der Waals surface area (Å²) in [4.78, 5) is 22.7. The van der Waals surface area contributed by atoms with Crippen LogP contribution < -0.4 is 16.0 Å². The topological polar surface area (TPSA) is 99.2 Å². The van der Waals surface area contributed by atoms with Crippen LogP contribution in [0.25, 0.3) is 0 Å². The first kappa shape index (κ1) is 23.3. The number of nitrogens with one attached hydrogen (secondary N) is 3. The molecule has 7 nitrogen and oxygen atoms in total. The number of rotatable bonds is 7. The number of carbonyl (C=O) groups is 1. The second-order valence-corrected chi connectivity index (χ2v) is 8.26. The Labute approximate surface area is 204 Å². The van der Waals surface area contributed by atoms with Crippen molar-refractivity contribution in [3.8, 4) is 5.75 Å². The van der Waals surface area contributed by atoms with Crippen LogP contribution in [0.4, 0.5) is 33.2 Å². The van der Waals surface area contributed by atoms with Crippen molar-refractivity contribution in [1.29, 1.82) is 0 Å². The van der Waals surface area contributed by atoms with Crippen LogP contribution in [0.1, 0.15) is 10.4 Å². The highest BCUT2D eigenvalue weighted by atomic mass is 35.5. The number of para-hydroxylation sites is 2. The molecule has 0 saturated heterocycles. The molecule has 4 rings (SSSR count). The first-order valence-corrected chi connectivity index (χ1v) is 11.6. The van der Waals surface area contributed by atoms with E-state index in [1.807, 2.05) is 30.5 Å². The Hall–Kier alpha value is -3.82. The van der Waals surface area contributed by atoms with Gasteiger partial charge in [0.1, 0.15) is 22.9 Å². The van der Waals surface area contributed by atoms with E-state index >= 15 is 0 Å². The fourth-order valence-electron chi connectivity index (χ4n) is 3.05. The van der Waals surface area contributed by atoms with Crippen molar-refractivity contribution in [3.63, 3.8) is 0 Å². The number of thioether (sulfide) groups is 1. The molecule has 0 unspecified atom stereocenters. The minimum atomic E-state index is -0.658. The van der Waals surface area contributed by atoms with E-state index in [0.717, 1.165) is 10.6 Å². The van der Waals surface area contributed by atoms with Crippen molar-refractivity contribution in [1.82, 2.24) is 9.97 Å². The molecule has 34 heavy (non-hydrogen) atoms. The molecule has 1 amide bonds. The maximum atomic E-state index is 14.2. The summed E-state index contributed by atoms with van der Waals surface area (Å²) in [7, 11) is 0. The molecule has 1 heterocycles. The predicted octanol–water partition coefficient (Wildman–Crippen LogP) is 6.44. The Bertz CT molecular complexity index is 1320. The summed E-state index contributed by atoms with van der Waals surface area (Å²) in [5, 5.41) is 18.3. The normalized spacial score (nSPS) is 10.6. The van der Waals surface area contributed by atoms with Gasteiger partial charge in [0.05, 0.1) is 16.4 Å². The zero-order chi connectivity index (χ0) is 24.1. The maximum Gasteiger partial charge on any atom is 0.261 e. The quantitative estimate of drug-likeness (QED) is 0.173. The molecular weight excluding hydrogens is 477 g/mol. The summed E-state index contributed by atoms with van der Waals surface area (Å²) in [5.41, 5.74) is 1.34. The van der Waals surface area contributed by atoms with E-state index in [1.54, 1.807) is 12.1 Å². The zero-order valence-electron chi connectivity index (χ0n) is 17.8. The highest BCUT2D eigenvalue weighted by Crippen LogP contribution is 2.30. The average Bonchev–Trinajstić information content (AvgIpc) is 2.83. The number of hydrogen-bond acceptors (Lipinski definition) is 7. The molecule has 0 fully saturated rings. The third kappa shape index (κ3) is 5.38. The van der Waals surface area contributed by atoms with Gasteiger partial charge < -0.3 is 21.1 Å². The molecule has 4 aromatic rings. The largest absolute Gasteiger partial charge is 0.508 e. The highest BCUT2D eigenvalue weighted by Gasteiger charge is 2.19. The van der Waals surface area contributed by atoms with Gasteiger partial charge in [-0.2, -0.15) is 4.98 Å². The molecule has 0 aliphatic rings. The lowest BCUT2D eigenvalue weighted by atomic mass is 10.2. The average molecular weight is 496 g/mol. The molecule has 172 valence electrons. The summed E-state index contributed by atoms with van der Waals surface area (Å²) in [6.45, 7) is 0. The van der Waals surface area contributed by atoms with Gasteiger partial charge in [-0.1, -0.05) is 29.8 Å². The summed E-state index contributed by atoms with van der Waals surface area (Å²) in [6, 6.07) is 18.1. The Balaban J connectivity index is 1.70. The molecule has 0 bridgehead atoms. The third-order valence-electron chi connectivity index (χ3n) is 4.72. The molecule has 0 aliphatic carbocycles. The van der Waals surface area contributed by atoms with E-state index in [-0.39, 0.29) is 33.8 Å². The number of benzene rings is 3. The lowest BCUT2D eigenvalue weighted by molar-refractivity contribution is 0.102. The van der Waals surface area contributed by atoms with E-state index < -0.39 is 11.7 Å². The standard InChI is InChI=1S/C24H19ClFN5O2S/c1-34-20-8-3-2-7-19(20)29-22-16(23(33)30-21-17(25)5-4-6-18(21)26)13-27-24(31-22)28-14-9-11-15(32)12-10-14/h2-13,32H,1H3,(H,30,33)(H2,27,28,29,31). The van der Waals surface area contributed by atoms with Gasteiger partial charge in [-0.25, -0.2) is 9.37 Å². The number of nitrogens with zero attached hydrogens (tertiary/aromatic N) is 2. The van der Waals surface area contributed by atoms with E-state index in [2.05, 4.69) is 25.9 Å². The lowest BCUT2D eigenvalue weighted by Crippen LogP contribution is -2.17. The molecule has 0 radical (unpaired) electrons. The molecule has 10 heteroatoms. The second kappa shape index (κ2) is 10.4. The van der Waals surface area contributed by atoms with Crippen molar-refractivity contribution in [2.45, 2.75) is 4.90 Å². The number of phenolic OH excluding ortho intramolecular Hbond substituents is 1. The number of anilines is 5. The van der Waals surface area contributed by atoms with Crippen LogP contribution in [-0.2, 0) is 0 Å². The number of amides is 1. The minimum absolute atomic E-state index is 0.0714. The van der Waals surface area contributed by atoms with Crippen LogP contribution in [0.3, 0.4) is 0 Å². The van der Waals surface area contributed by atoms with Gasteiger partial charge in [-0.15, -0.1) is 11.8 Å². The van der Waals surface area contributed by atoms with Crippen molar-refractivity contribution in [3.05, 3.63) is 89.3 Å². The number of phenols is 1. The van der Waals surface area contributed by atoms with Crippen LogP contribution in [-0.4, -0.2) is 27.2 Å². The molecular formula is C24H19ClFN5O2S. The number of hydrogen-bond donors (Lipinski definition) is 4. The molecule has 0 atom stereocenters. The molecule has 0 saturated carbocycles. The van der Waals surface area contributed by atoms with Crippen molar-refractivity contribution >= 4 is 58.1 Å². The van der Waals surface area contributed by atoms with Crippen LogP contribution in [0.2, 0.25) is 5.02 Å². The summed E-state index contributed by atoms with van der Waals surface area (Å²) >= 11 is 7.60. The Morgan fingerprint density at radius 2 is 1.79 bits per heavy atom.